The lowest BCUT2D eigenvalue weighted by Crippen LogP contribution is -2.27. The van der Waals surface area contributed by atoms with Crippen molar-refractivity contribution in [2.24, 2.45) is 0 Å². The maximum Gasteiger partial charge on any atom is 0.253 e. The zero-order chi connectivity index (χ0) is 16.8. The molecule has 2 rings (SSSR count). The minimum Gasteiger partial charge on any atom is -0.399 e. The largest absolute Gasteiger partial charge is 0.399 e. The number of hydrogen-bond acceptors (Lipinski definition) is 4. The first-order valence-corrected chi connectivity index (χ1v) is 7.52. The average Bonchev–Trinajstić information content (AvgIpc) is 2.52. The predicted molar refractivity (Wildman–Crippen MR) is 94.3 cm³/mol. The van der Waals surface area contributed by atoms with Gasteiger partial charge in [-0.15, -0.1) is 0 Å². The maximum absolute atomic E-state index is 12.3. The number of ether oxygens (including phenoxy) is 1. The highest BCUT2D eigenvalue weighted by Gasteiger charge is 2.12. The molecule has 23 heavy (non-hydrogen) atoms. The molecule has 0 aliphatic heterocycles. The summed E-state index contributed by atoms with van der Waals surface area (Å²) in [5.41, 5.74) is 11.0. The van der Waals surface area contributed by atoms with E-state index in [0.717, 1.165) is 11.4 Å². The number of nitrogen functional groups attached to an aromatic ring is 1. The van der Waals surface area contributed by atoms with Gasteiger partial charge in [-0.25, -0.2) is 0 Å². The molecular weight excluding hydrogens is 290 g/mol. The summed E-state index contributed by atoms with van der Waals surface area (Å²) in [6, 6.07) is 11.4. The fourth-order valence-corrected chi connectivity index (χ4v) is 2.20. The van der Waals surface area contributed by atoms with Gasteiger partial charge in [0.25, 0.3) is 5.91 Å². The molecule has 1 amide bonds. The fraction of sp³-hybridized carbons (Fsp3) is 0.278. The van der Waals surface area contributed by atoms with Crippen molar-refractivity contribution in [1.29, 1.82) is 0 Å². The molecule has 0 heterocycles. The van der Waals surface area contributed by atoms with Crippen molar-refractivity contribution < 1.29 is 9.53 Å². The normalized spacial score (nSPS) is 10.4. The Morgan fingerprint density at radius 2 is 1.91 bits per heavy atom. The van der Waals surface area contributed by atoms with Gasteiger partial charge in [-0.05, 0) is 55.3 Å². The molecule has 0 fully saturated rings. The maximum atomic E-state index is 12.3. The van der Waals surface area contributed by atoms with Crippen LogP contribution in [0.3, 0.4) is 0 Å². The third-order valence-electron chi connectivity index (χ3n) is 3.67. The highest BCUT2D eigenvalue weighted by Crippen LogP contribution is 2.24. The fourth-order valence-electron chi connectivity index (χ4n) is 2.20. The van der Waals surface area contributed by atoms with Crippen LogP contribution in [0.25, 0.3) is 0 Å². The summed E-state index contributed by atoms with van der Waals surface area (Å²) in [5, 5.41) is 6.11. The first-order valence-electron chi connectivity index (χ1n) is 7.52. The van der Waals surface area contributed by atoms with E-state index >= 15 is 0 Å². The van der Waals surface area contributed by atoms with Crippen LogP contribution >= 0.6 is 0 Å². The lowest BCUT2D eigenvalue weighted by molar-refractivity contribution is 0.0938. The van der Waals surface area contributed by atoms with Gasteiger partial charge in [-0.2, -0.15) is 0 Å². The summed E-state index contributed by atoms with van der Waals surface area (Å²) < 4.78 is 4.95. The second kappa shape index (κ2) is 7.65. The monoisotopic (exact) mass is 313 g/mol. The Balaban J connectivity index is 2.23. The first kappa shape index (κ1) is 16.8. The number of methoxy groups -OCH3 is 1. The number of nitrogens with one attached hydrogen (secondary N) is 2. The van der Waals surface area contributed by atoms with Crippen LogP contribution in [0.15, 0.2) is 36.4 Å². The number of nitrogens with two attached hydrogens (primary N) is 1. The van der Waals surface area contributed by atoms with E-state index in [0.29, 0.717) is 24.4 Å². The molecule has 0 atom stereocenters. The van der Waals surface area contributed by atoms with E-state index in [-0.39, 0.29) is 5.91 Å². The van der Waals surface area contributed by atoms with Gasteiger partial charge < -0.3 is 21.1 Å². The molecule has 0 aromatic heterocycles. The van der Waals surface area contributed by atoms with E-state index in [4.69, 9.17) is 10.5 Å². The summed E-state index contributed by atoms with van der Waals surface area (Å²) in [7, 11) is 1.60. The number of anilines is 3. The summed E-state index contributed by atoms with van der Waals surface area (Å²) >= 11 is 0. The Kier molecular flexibility index (Phi) is 5.60. The molecule has 0 aliphatic rings. The highest BCUT2D eigenvalue weighted by atomic mass is 16.5. The van der Waals surface area contributed by atoms with Crippen molar-refractivity contribution in [3.63, 3.8) is 0 Å². The lowest BCUT2D eigenvalue weighted by Gasteiger charge is -2.14. The molecule has 2 aromatic rings. The van der Waals surface area contributed by atoms with Gasteiger partial charge in [0, 0.05) is 25.0 Å². The Hall–Kier alpha value is -2.53. The number of hydrogen-bond donors (Lipinski definition) is 3. The van der Waals surface area contributed by atoms with Gasteiger partial charge in [0.05, 0.1) is 17.9 Å². The van der Waals surface area contributed by atoms with Crippen LogP contribution in [0.4, 0.5) is 17.1 Å². The quantitative estimate of drug-likeness (QED) is 0.566. The average molecular weight is 313 g/mol. The molecule has 0 radical (unpaired) electrons. The Morgan fingerprint density at radius 1 is 1.13 bits per heavy atom. The Bertz CT molecular complexity index is 699. The molecule has 0 saturated carbocycles. The summed E-state index contributed by atoms with van der Waals surface area (Å²) in [4.78, 5) is 12.3. The molecule has 0 unspecified atom stereocenters. The minimum atomic E-state index is -0.180. The molecule has 0 spiro atoms. The number of amides is 1. The van der Waals surface area contributed by atoms with E-state index in [2.05, 4.69) is 30.5 Å². The van der Waals surface area contributed by atoms with E-state index in [1.807, 2.05) is 18.2 Å². The molecule has 122 valence electrons. The standard InChI is InChI=1S/C18H23N3O2/c1-12-4-6-15(10-13(12)2)21-17-7-5-14(19)11-16(17)18(22)20-8-9-23-3/h4-7,10-11,21H,8-9,19H2,1-3H3,(H,20,22). The van der Waals surface area contributed by atoms with Crippen molar-refractivity contribution in [2.45, 2.75) is 13.8 Å². The van der Waals surface area contributed by atoms with E-state index in [9.17, 15) is 4.79 Å². The zero-order valence-corrected chi connectivity index (χ0v) is 13.8. The van der Waals surface area contributed by atoms with Crippen LogP contribution in [0.5, 0.6) is 0 Å². The van der Waals surface area contributed by atoms with E-state index in [1.54, 1.807) is 19.2 Å². The van der Waals surface area contributed by atoms with Crippen molar-refractivity contribution in [1.82, 2.24) is 5.32 Å². The SMILES string of the molecule is COCCNC(=O)c1cc(N)ccc1Nc1ccc(C)c(C)c1. The van der Waals surface area contributed by atoms with E-state index in [1.165, 1.54) is 11.1 Å². The van der Waals surface area contributed by atoms with Crippen molar-refractivity contribution in [3.05, 3.63) is 53.1 Å². The van der Waals surface area contributed by atoms with Crippen LogP contribution < -0.4 is 16.4 Å². The van der Waals surface area contributed by atoms with Crippen molar-refractivity contribution in [2.75, 3.05) is 31.3 Å². The second-order valence-electron chi connectivity index (χ2n) is 5.48. The molecule has 0 saturated heterocycles. The molecule has 5 heteroatoms. The van der Waals surface area contributed by atoms with Crippen LogP contribution in [0.2, 0.25) is 0 Å². The Morgan fingerprint density at radius 3 is 2.61 bits per heavy atom. The van der Waals surface area contributed by atoms with Crippen molar-refractivity contribution >= 4 is 23.0 Å². The number of benzene rings is 2. The topological polar surface area (TPSA) is 76.4 Å². The van der Waals surface area contributed by atoms with Gasteiger partial charge in [0.1, 0.15) is 0 Å². The first-order chi connectivity index (χ1) is 11.0. The van der Waals surface area contributed by atoms with Gasteiger partial charge in [-0.3, -0.25) is 4.79 Å². The number of aryl methyl sites for hydroxylation is 2. The molecule has 4 N–H and O–H groups in total. The van der Waals surface area contributed by atoms with Crippen LogP contribution in [-0.4, -0.2) is 26.2 Å². The molecule has 5 nitrogen and oxygen atoms in total. The summed E-state index contributed by atoms with van der Waals surface area (Å²) in [6.07, 6.45) is 0. The van der Waals surface area contributed by atoms with Gasteiger partial charge >= 0.3 is 0 Å². The number of rotatable bonds is 6. The number of carbonyl (C=O) groups excluding carboxylic acids is 1. The Labute approximate surface area is 136 Å². The van der Waals surface area contributed by atoms with E-state index < -0.39 is 0 Å². The van der Waals surface area contributed by atoms with Gasteiger partial charge in [-0.1, -0.05) is 6.07 Å². The third kappa shape index (κ3) is 4.47. The van der Waals surface area contributed by atoms with Crippen LogP contribution in [-0.2, 0) is 4.74 Å². The predicted octanol–water partition coefficient (Wildman–Crippen LogP) is 3.01. The van der Waals surface area contributed by atoms with Crippen LogP contribution in [0.1, 0.15) is 21.5 Å². The molecular formula is C18H23N3O2. The third-order valence-corrected chi connectivity index (χ3v) is 3.67. The second-order valence-corrected chi connectivity index (χ2v) is 5.48. The van der Waals surface area contributed by atoms with Gasteiger partial charge in [0.2, 0.25) is 0 Å². The molecule has 2 aromatic carbocycles. The summed E-state index contributed by atoms with van der Waals surface area (Å²) in [5.74, 6) is -0.180. The molecule has 0 bridgehead atoms. The lowest BCUT2D eigenvalue weighted by atomic mass is 10.1. The van der Waals surface area contributed by atoms with Crippen LogP contribution in [0, 0.1) is 13.8 Å². The number of carbonyl (C=O) groups is 1. The summed E-state index contributed by atoms with van der Waals surface area (Å²) in [6.45, 7) is 5.04. The van der Waals surface area contributed by atoms with Crippen molar-refractivity contribution in [3.8, 4) is 0 Å². The smallest absolute Gasteiger partial charge is 0.253 e. The molecule has 0 aliphatic carbocycles. The minimum absolute atomic E-state index is 0.180. The van der Waals surface area contributed by atoms with Gasteiger partial charge in [0.15, 0.2) is 0 Å². The zero-order valence-electron chi connectivity index (χ0n) is 13.8. The highest BCUT2D eigenvalue weighted by molar-refractivity contribution is 6.01.